The molecule has 2 aliphatic rings. The molecule has 0 saturated carbocycles. The highest BCUT2D eigenvalue weighted by atomic mass is 16.5. The molecule has 3 heterocycles. The summed E-state index contributed by atoms with van der Waals surface area (Å²) in [4.78, 5) is 17.1. The molecule has 1 aromatic heterocycles. The molecular formula is C15H24N4O2. The summed E-state index contributed by atoms with van der Waals surface area (Å²) < 4.78 is 7.35. The third-order valence-corrected chi connectivity index (χ3v) is 4.41. The molecule has 0 aromatic carbocycles. The average Bonchev–Trinajstić information content (AvgIpc) is 2.85. The van der Waals surface area contributed by atoms with Crippen LogP contribution < -0.4 is 0 Å². The predicted molar refractivity (Wildman–Crippen MR) is 79.2 cm³/mol. The Kier molecular flexibility index (Phi) is 4.26. The second-order valence-electron chi connectivity index (χ2n) is 5.83. The minimum Gasteiger partial charge on any atom is -0.376 e. The molecule has 1 aromatic rings. The number of piperazine rings is 1. The fourth-order valence-electron chi connectivity index (χ4n) is 3.22. The highest BCUT2D eigenvalue weighted by molar-refractivity contribution is 5.94. The van der Waals surface area contributed by atoms with Gasteiger partial charge in [0.15, 0.2) is 5.69 Å². The molecule has 1 fully saturated rings. The number of hydrogen-bond acceptors (Lipinski definition) is 4. The molecule has 1 saturated heterocycles. The molecule has 0 aliphatic carbocycles. The molecule has 6 heteroatoms. The zero-order chi connectivity index (χ0) is 14.8. The van der Waals surface area contributed by atoms with Gasteiger partial charge in [0.25, 0.3) is 5.91 Å². The Morgan fingerprint density at radius 1 is 1.29 bits per heavy atom. The molecule has 0 unspecified atom stereocenters. The van der Waals surface area contributed by atoms with Gasteiger partial charge < -0.3 is 9.64 Å². The van der Waals surface area contributed by atoms with Crippen LogP contribution in [0.3, 0.4) is 0 Å². The van der Waals surface area contributed by atoms with Gasteiger partial charge in [-0.05, 0) is 13.0 Å². The number of aromatic nitrogens is 2. The SMILES string of the molecule is CCCN1CCN(C(=O)c2nn(C)c3c2COCC3)CC1. The summed E-state index contributed by atoms with van der Waals surface area (Å²) in [6.45, 7) is 8.06. The van der Waals surface area contributed by atoms with E-state index in [2.05, 4.69) is 16.9 Å². The lowest BCUT2D eigenvalue weighted by molar-refractivity contribution is 0.0621. The van der Waals surface area contributed by atoms with Gasteiger partial charge in [-0.1, -0.05) is 6.92 Å². The van der Waals surface area contributed by atoms with Crippen molar-refractivity contribution in [3.8, 4) is 0 Å². The third-order valence-electron chi connectivity index (χ3n) is 4.41. The van der Waals surface area contributed by atoms with Crippen molar-refractivity contribution < 1.29 is 9.53 Å². The summed E-state index contributed by atoms with van der Waals surface area (Å²) in [5, 5.41) is 4.45. The van der Waals surface area contributed by atoms with Crippen LogP contribution in [-0.4, -0.2) is 64.8 Å². The van der Waals surface area contributed by atoms with Crippen LogP contribution in [0.4, 0.5) is 0 Å². The molecule has 3 rings (SSSR count). The van der Waals surface area contributed by atoms with Crippen molar-refractivity contribution >= 4 is 5.91 Å². The number of amides is 1. The summed E-state index contributed by atoms with van der Waals surface area (Å²) in [5.74, 6) is 0.0634. The van der Waals surface area contributed by atoms with Gasteiger partial charge in [-0.15, -0.1) is 0 Å². The maximum Gasteiger partial charge on any atom is 0.274 e. The smallest absolute Gasteiger partial charge is 0.274 e. The van der Waals surface area contributed by atoms with Gasteiger partial charge in [-0.25, -0.2) is 0 Å². The van der Waals surface area contributed by atoms with Crippen LogP contribution in [0.2, 0.25) is 0 Å². The fourth-order valence-corrected chi connectivity index (χ4v) is 3.22. The first-order chi connectivity index (χ1) is 10.2. The van der Waals surface area contributed by atoms with Crippen LogP contribution in [0, 0.1) is 0 Å². The Bertz CT molecular complexity index is 518. The molecule has 0 radical (unpaired) electrons. The first kappa shape index (κ1) is 14.5. The van der Waals surface area contributed by atoms with Crippen LogP contribution in [0.15, 0.2) is 0 Å². The van der Waals surface area contributed by atoms with Crippen molar-refractivity contribution in [1.82, 2.24) is 19.6 Å². The Labute approximate surface area is 125 Å². The standard InChI is InChI=1S/C15H24N4O2/c1-3-5-18-6-8-19(9-7-18)15(20)14-12-11-21-10-4-13(12)17(2)16-14/h3-11H2,1-2H3. The summed E-state index contributed by atoms with van der Waals surface area (Å²) in [6, 6.07) is 0. The van der Waals surface area contributed by atoms with Crippen molar-refractivity contribution in [3.63, 3.8) is 0 Å². The Balaban J connectivity index is 1.72. The van der Waals surface area contributed by atoms with Crippen molar-refractivity contribution in [3.05, 3.63) is 17.0 Å². The van der Waals surface area contributed by atoms with E-state index in [9.17, 15) is 4.79 Å². The number of hydrogen-bond donors (Lipinski definition) is 0. The molecule has 0 N–H and O–H groups in total. The van der Waals surface area contributed by atoms with E-state index in [1.807, 2.05) is 16.6 Å². The number of nitrogens with zero attached hydrogens (tertiary/aromatic N) is 4. The quantitative estimate of drug-likeness (QED) is 0.821. The van der Waals surface area contributed by atoms with Gasteiger partial charge in [0.05, 0.1) is 13.2 Å². The van der Waals surface area contributed by atoms with Crippen LogP contribution >= 0.6 is 0 Å². The van der Waals surface area contributed by atoms with Crippen LogP contribution in [-0.2, 0) is 24.8 Å². The van der Waals surface area contributed by atoms with E-state index in [-0.39, 0.29) is 5.91 Å². The van der Waals surface area contributed by atoms with E-state index < -0.39 is 0 Å². The maximum absolute atomic E-state index is 12.7. The zero-order valence-electron chi connectivity index (χ0n) is 13.0. The largest absolute Gasteiger partial charge is 0.376 e. The highest BCUT2D eigenvalue weighted by Gasteiger charge is 2.29. The maximum atomic E-state index is 12.7. The van der Waals surface area contributed by atoms with Gasteiger partial charge in [-0.3, -0.25) is 14.4 Å². The first-order valence-corrected chi connectivity index (χ1v) is 7.84. The normalized spacial score (nSPS) is 19.6. The van der Waals surface area contributed by atoms with Gasteiger partial charge in [-0.2, -0.15) is 5.10 Å². The van der Waals surface area contributed by atoms with Crippen LogP contribution in [0.5, 0.6) is 0 Å². The fraction of sp³-hybridized carbons (Fsp3) is 0.733. The number of carbonyl (C=O) groups is 1. The lowest BCUT2D eigenvalue weighted by Crippen LogP contribution is -2.49. The number of rotatable bonds is 3. The Hall–Kier alpha value is -1.40. The molecule has 0 atom stereocenters. The average molecular weight is 292 g/mol. The Morgan fingerprint density at radius 2 is 2.05 bits per heavy atom. The summed E-state index contributed by atoms with van der Waals surface area (Å²) in [7, 11) is 1.92. The summed E-state index contributed by atoms with van der Waals surface area (Å²) >= 11 is 0. The van der Waals surface area contributed by atoms with Crippen molar-refractivity contribution in [2.24, 2.45) is 7.05 Å². The van der Waals surface area contributed by atoms with E-state index >= 15 is 0 Å². The molecule has 2 aliphatic heterocycles. The summed E-state index contributed by atoms with van der Waals surface area (Å²) in [5.41, 5.74) is 2.73. The Morgan fingerprint density at radius 3 is 2.76 bits per heavy atom. The second kappa shape index (κ2) is 6.15. The van der Waals surface area contributed by atoms with Gasteiger partial charge >= 0.3 is 0 Å². The lowest BCUT2D eigenvalue weighted by atomic mass is 10.1. The van der Waals surface area contributed by atoms with E-state index in [0.29, 0.717) is 12.3 Å². The molecule has 1 amide bonds. The van der Waals surface area contributed by atoms with Gasteiger partial charge in [0.1, 0.15) is 0 Å². The van der Waals surface area contributed by atoms with Crippen molar-refractivity contribution in [1.29, 1.82) is 0 Å². The molecule has 0 bridgehead atoms. The molecular weight excluding hydrogens is 268 g/mol. The molecule has 21 heavy (non-hydrogen) atoms. The number of carbonyl (C=O) groups excluding carboxylic acids is 1. The zero-order valence-corrected chi connectivity index (χ0v) is 13.0. The van der Waals surface area contributed by atoms with E-state index in [1.165, 1.54) is 6.42 Å². The monoisotopic (exact) mass is 292 g/mol. The minimum atomic E-state index is 0.0634. The molecule has 116 valence electrons. The van der Waals surface area contributed by atoms with E-state index in [0.717, 1.165) is 57.0 Å². The van der Waals surface area contributed by atoms with E-state index in [1.54, 1.807) is 0 Å². The molecule has 0 spiro atoms. The van der Waals surface area contributed by atoms with Gasteiger partial charge in [0, 0.05) is 50.9 Å². The third kappa shape index (κ3) is 2.82. The lowest BCUT2D eigenvalue weighted by Gasteiger charge is -2.34. The highest BCUT2D eigenvalue weighted by Crippen LogP contribution is 2.21. The number of aryl methyl sites for hydroxylation is 1. The summed E-state index contributed by atoms with van der Waals surface area (Å²) in [6.07, 6.45) is 2.01. The van der Waals surface area contributed by atoms with Crippen LogP contribution in [0.25, 0.3) is 0 Å². The number of ether oxygens (including phenoxy) is 1. The number of fused-ring (bicyclic) bond motifs is 1. The topological polar surface area (TPSA) is 50.6 Å². The second-order valence-corrected chi connectivity index (χ2v) is 5.83. The van der Waals surface area contributed by atoms with Crippen molar-refractivity contribution in [2.45, 2.75) is 26.4 Å². The molecule has 6 nitrogen and oxygen atoms in total. The predicted octanol–water partition coefficient (Wildman–Crippen LogP) is 0.661. The van der Waals surface area contributed by atoms with Gasteiger partial charge in [0.2, 0.25) is 0 Å². The first-order valence-electron chi connectivity index (χ1n) is 7.84. The minimum absolute atomic E-state index is 0.0634. The van der Waals surface area contributed by atoms with Crippen molar-refractivity contribution in [2.75, 3.05) is 39.3 Å². The van der Waals surface area contributed by atoms with Crippen LogP contribution in [0.1, 0.15) is 35.1 Å². The van der Waals surface area contributed by atoms with E-state index in [4.69, 9.17) is 4.74 Å².